The highest BCUT2D eigenvalue weighted by molar-refractivity contribution is 5.73. The van der Waals surface area contributed by atoms with Gasteiger partial charge < -0.3 is 55.1 Å². The van der Waals surface area contributed by atoms with Gasteiger partial charge in [0.15, 0.2) is 12.4 Å². The lowest BCUT2D eigenvalue weighted by molar-refractivity contribution is -0.331. The first-order valence-corrected chi connectivity index (χ1v) is 11.8. The summed E-state index contributed by atoms with van der Waals surface area (Å²) in [6.45, 7) is 7.07. The van der Waals surface area contributed by atoms with Crippen molar-refractivity contribution in [1.82, 2.24) is 0 Å². The van der Waals surface area contributed by atoms with Crippen molar-refractivity contribution in [2.24, 2.45) is 0 Å². The normalized spacial score (nSPS) is 39.9. The zero-order valence-corrected chi connectivity index (χ0v) is 20.5. The molecule has 11 atom stereocenters. The molecule has 0 amide bonds. The van der Waals surface area contributed by atoms with Crippen LogP contribution in [0.2, 0.25) is 0 Å². The van der Waals surface area contributed by atoms with Crippen LogP contribution in [0.3, 0.4) is 0 Å². The summed E-state index contributed by atoms with van der Waals surface area (Å²) in [7, 11) is 0. The average Bonchev–Trinajstić information content (AvgIpc) is 2.78. The summed E-state index contributed by atoms with van der Waals surface area (Å²) in [6.07, 6.45) is -13.3. The number of ether oxygens (including phenoxy) is 3. The van der Waals surface area contributed by atoms with Crippen LogP contribution in [0.5, 0.6) is 0 Å². The molecule has 0 spiro atoms. The van der Waals surface area contributed by atoms with E-state index in [1.807, 2.05) is 19.9 Å². The second-order valence-corrected chi connectivity index (χ2v) is 9.89. The van der Waals surface area contributed by atoms with Gasteiger partial charge in [0.05, 0.1) is 23.9 Å². The van der Waals surface area contributed by atoms with E-state index in [1.165, 1.54) is 0 Å². The Morgan fingerprint density at radius 1 is 1.00 bits per heavy atom. The number of aliphatic hydroxyl groups is 7. The molecular weight excluding hydrogens is 468 g/mol. The fraction of sp³-hybridized carbons (Fsp3) is 0.870. The summed E-state index contributed by atoms with van der Waals surface area (Å²) in [5, 5.41) is 80.1. The number of hydrogen-bond donors (Lipinski definition) is 8. The van der Waals surface area contributed by atoms with E-state index in [-0.39, 0.29) is 6.42 Å². The minimum absolute atomic E-state index is 0.162. The molecule has 0 aromatic heterocycles. The summed E-state index contributed by atoms with van der Waals surface area (Å²) in [6, 6.07) is 0. The first-order chi connectivity index (χ1) is 16.2. The molecule has 1 aliphatic heterocycles. The molecule has 0 aromatic carbocycles. The van der Waals surface area contributed by atoms with Crippen molar-refractivity contribution in [3.63, 3.8) is 0 Å². The molecule has 1 saturated carbocycles. The third kappa shape index (κ3) is 7.19. The van der Waals surface area contributed by atoms with E-state index < -0.39 is 78.9 Å². The van der Waals surface area contributed by atoms with E-state index in [9.17, 15) is 45.6 Å². The molecular formula is C23H40O12. The van der Waals surface area contributed by atoms with Gasteiger partial charge >= 0.3 is 5.97 Å². The van der Waals surface area contributed by atoms with Crippen molar-refractivity contribution < 1.29 is 59.9 Å². The maximum Gasteiger partial charge on any atom is 0.335 e. The summed E-state index contributed by atoms with van der Waals surface area (Å²) < 4.78 is 17.2. The van der Waals surface area contributed by atoms with E-state index in [4.69, 9.17) is 14.2 Å². The van der Waals surface area contributed by atoms with Crippen LogP contribution in [0, 0.1) is 0 Å². The molecule has 2 aliphatic rings. The smallest absolute Gasteiger partial charge is 0.335 e. The molecule has 1 aliphatic carbocycles. The summed E-state index contributed by atoms with van der Waals surface area (Å²) >= 11 is 0. The Morgan fingerprint density at radius 2 is 1.60 bits per heavy atom. The molecule has 0 bridgehead atoms. The number of rotatable bonds is 10. The summed E-state index contributed by atoms with van der Waals surface area (Å²) in [5.41, 5.74) is -0.260. The standard InChI is InChI=1S/C23H40O12/c1-5-6-10(2)7-8-13(33-12-9-11(24)14(25)16(27)15(12)26)23(3,4)35-22-19(30)17(28)18(29)20(34-22)21(31)32/h6,11-20,22,24-30H,5,7-9H2,1-4H3,(H,31,32)/b10-6+. The average molecular weight is 509 g/mol. The highest BCUT2D eigenvalue weighted by Crippen LogP contribution is 2.33. The number of allylic oxidation sites excluding steroid dienone is 2. The Bertz CT molecular complexity index is 727. The fourth-order valence-corrected chi connectivity index (χ4v) is 4.43. The van der Waals surface area contributed by atoms with Gasteiger partial charge in [-0.1, -0.05) is 18.6 Å². The van der Waals surface area contributed by atoms with Crippen LogP contribution < -0.4 is 0 Å². The van der Waals surface area contributed by atoms with Gasteiger partial charge in [-0.25, -0.2) is 4.79 Å². The van der Waals surface area contributed by atoms with Crippen molar-refractivity contribution in [2.75, 3.05) is 0 Å². The minimum atomic E-state index is -1.87. The SMILES string of the molecule is CC/C=C(\C)CCC(OC1CC(O)C(O)C(O)C1O)C(C)(C)OC1OC(C(=O)O)C(O)C(O)C1O. The largest absolute Gasteiger partial charge is 0.479 e. The topological polar surface area (TPSA) is 207 Å². The van der Waals surface area contributed by atoms with Gasteiger partial charge in [-0.05, 0) is 40.0 Å². The van der Waals surface area contributed by atoms with Crippen molar-refractivity contribution in [1.29, 1.82) is 0 Å². The zero-order valence-electron chi connectivity index (χ0n) is 20.5. The van der Waals surface area contributed by atoms with Gasteiger partial charge in [0.1, 0.15) is 36.6 Å². The molecule has 204 valence electrons. The lowest BCUT2D eigenvalue weighted by atomic mass is 9.86. The molecule has 1 saturated heterocycles. The quantitative estimate of drug-likeness (QED) is 0.157. The number of hydrogen-bond acceptors (Lipinski definition) is 11. The minimum Gasteiger partial charge on any atom is -0.479 e. The van der Waals surface area contributed by atoms with Crippen LogP contribution in [0.4, 0.5) is 0 Å². The van der Waals surface area contributed by atoms with E-state index in [0.29, 0.717) is 12.8 Å². The first kappa shape index (κ1) is 30.0. The lowest BCUT2D eigenvalue weighted by Crippen LogP contribution is -2.63. The third-order valence-corrected chi connectivity index (χ3v) is 6.65. The number of aliphatic hydroxyl groups excluding tert-OH is 7. The van der Waals surface area contributed by atoms with E-state index in [0.717, 1.165) is 12.0 Å². The Labute approximate surface area is 204 Å². The van der Waals surface area contributed by atoms with Gasteiger partial charge in [-0.15, -0.1) is 0 Å². The molecule has 8 N–H and O–H groups in total. The number of carboxylic acid groups (broad SMARTS) is 1. The van der Waals surface area contributed by atoms with Crippen LogP contribution in [0.25, 0.3) is 0 Å². The maximum absolute atomic E-state index is 11.4. The number of carboxylic acids is 1. The second-order valence-electron chi connectivity index (χ2n) is 9.89. The van der Waals surface area contributed by atoms with Crippen LogP contribution in [0.15, 0.2) is 11.6 Å². The molecule has 12 heteroatoms. The first-order valence-electron chi connectivity index (χ1n) is 11.8. The predicted molar refractivity (Wildman–Crippen MR) is 120 cm³/mol. The van der Waals surface area contributed by atoms with E-state index in [1.54, 1.807) is 13.8 Å². The maximum atomic E-state index is 11.4. The number of aliphatic carboxylic acids is 1. The molecule has 2 rings (SSSR count). The Morgan fingerprint density at radius 3 is 2.17 bits per heavy atom. The third-order valence-electron chi connectivity index (χ3n) is 6.65. The Hall–Kier alpha value is -1.19. The van der Waals surface area contributed by atoms with Crippen LogP contribution >= 0.6 is 0 Å². The van der Waals surface area contributed by atoms with Crippen molar-refractivity contribution in [3.05, 3.63) is 11.6 Å². The highest BCUT2D eigenvalue weighted by Gasteiger charge is 2.51. The second kappa shape index (κ2) is 12.4. The Kier molecular flexibility index (Phi) is 10.6. The molecule has 35 heavy (non-hydrogen) atoms. The highest BCUT2D eigenvalue weighted by atomic mass is 16.7. The van der Waals surface area contributed by atoms with Gasteiger partial charge in [-0.2, -0.15) is 0 Å². The van der Waals surface area contributed by atoms with Gasteiger partial charge in [-0.3, -0.25) is 0 Å². The van der Waals surface area contributed by atoms with Crippen molar-refractivity contribution in [3.8, 4) is 0 Å². The number of carbonyl (C=O) groups is 1. The fourth-order valence-electron chi connectivity index (χ4n) is 4.43. The predicted octanol–water partition coefficient (Wildman–Crippen LogP) is -1.59. The monoisotopic (exact) mass is 508 g/mol. The molecule has 1 heterocycles. The molecule has 0 aromatic rings. The van der Waals surface area contributed by atoms with Crippen molar-refractivity contribution in [2.45, 2.75) is 126 Å². The molecule has 11 unspecified atom stereocenters. The van der Waals surface area contributed by atoms with Gasteiger partial charge in [0.2, 0.25) is 0 Å². The van der Waals surface area contributed by atoms with Crippen LogP contribution in [-0.4, -0.2) is 120 Å². The summed E-state index contributed by atoms with van der Waals surface area (Å²) in [4.78, 5) is 11.4. The van der Waals surface area contributed by atoms with Gasteiger partial charge in [0, 0.05) is 6.42 Å². The lowest BCUT2D eigenvalue weighted by Gasteiger charge is -2.46. The molecule has 0 radical (unpaired) electrons. The zero-order chi connectivity index (χ0) is 26.7. The molecule has 2 fully saturated rings. The summed E-state index contributed by atoms with van der Waals surface area (Å²) in [5.74, 6) is -1.55. The van der Waals surface area contributed by atoms with E-state index in [2.05, 4.69) is 0 Å². The molecule has 12 nitrogen and oxygen atoms in total. The van der Waals surface area contributed by atoms with E-state index >= 15 is 0 Å². The van der Waals surface area contributed by atoms with Crippen LogP contribution in [-0.2, 0) is 19.0 Å². The van der Waals surface area contributed by atoms with Crippen molar-refractivity contribution >= 4 is 5.97 Å². The van der Waals surface area contributed by atoms with Gasteiger partial charge in [0.25, 0.3) is 0 Å². The van der Waals surface area contributed by atoms with Crippen LogP contribution in [0.1, 0.15) is 53.4 Å². The Balaban J connectivity index is 2.26.